The summed E-state index contributed by atoms with van der Waals surface area (Å²) in [6.07, 6.45) is 2.05. The van der Waals surface area contributed by atoms with Gasteiger partial charge in [-0.3, -0.25) is 4.79 Å². The highest BCUT2D eigenvalue weighted by Crippen LogP contribution is 2.25. The molecular formula is C8H12O. The number of hydrogen-bond donors (Lipinski definition) is 0. The largest absolute Gasteiger partial charge is 0.298 e. The number of ketones is 1. The molecule has 0 spiro atoms. The number of hydrogen-bond acceptors (Lipinski definition) is 1. The van der Waals surface area contributed by atoms with Gasteiger partial charge in [0.25, 0.3) is 0 Å². The molecule has 1 aliphatic rings. The van der Waals surface area contributed by atoms with Gasteiger partial charge in [-0.15, -0.1) is 0 Å². The average molecular weight is 124 g/mol. The Labute approximate surface area is 55.8 Å². The minimum atomic E-state index is 0.167. The van der Waals surface area contributed by atoms with Gasteiger partial charge in [0.1, 0.15) is 5.78 Å². The first kappa shape index (κ1) is 6.53. The van der Waals surface area contributed by atoms with Crippen molar-refractivity contribution < 1.29 is 4.79 Å². The van der Waals surface area contributed by atoms with Crippen molar-refractivity contribution in [3.63, 3.8) is 0 Å². The van der Waals surface area contributed by atoms with E-state index < -0.39 is 0 Å². The van der Waals surface area contributed by atoms with Gasteiger partial charge >= 0.3 is 0 Å². The molecule has 0 amide bonds. The first-order valence-corrected chi connectivity index (χ1v) is 3.35. The molecule has 0 aliphatic heterocycles. The minimum Gasteiger partial charge on any atom is -0.298 e. The van der Waals surface area contributed by atoms with Gasteiger partial charge in [-0.25, -0.2) is 0 Å². The van der Waals surface area contributed by atoms with E-state index in [0.717, 1.165) is 0 Å². The van der Waals surface area contributed by atoms with Crippen molar-refractivity contribution in [1.82, 2.24) is 0 Å². The Kier molecular flexibility index (Phi) is 1.43. The molecule has 0 radical (unpaired) electrons. The summed E-state index contributed by atoms with van der Waals surface area (Å²) in [5.74, 6) is 0.715. The Hall–Kier alpha value is -0.590. The number of Topliss-reactive ketones (excluding diaryl/α,β-unsaturated/α-hetero) is 1. The molecule has 2 atom stereocenters. The first-order valence-electron chi connectivity index (χ1n) is 3.35. The fourth-order valence-electron chi connectivity index (χ4n) is 1.24. The Morgan fingerprint density at radius 3 is 2.11 bits per heavy atom. The normalized spacial score (nSPS) is 35.0. The van der Waals surface area contributed by atoms with Crippen LogP contribution >= 0.6 is 0 Å². The van der Waals surface area contributed by atoms with Crippen LogP contribution in [0.1, 0.15) is 20.8 Å². The van der Waals surface area contributed by atoms with E-state index in [9.17, 15) is 4.79 Å². The zero-order chi connectivity index (χ0) is 7.02. The van der Waals surface area contributed by atoms with Crippen LogP contribution in [-0.2, 0) is 4.79 Å². The molecule has 2 unspecified atom stereocenters. The van der Waals surface area contributed by atoms with Crippen LogP contribution in [0.25, 0.3) is 0 Å². The SMILES string of the molecule is CC1=CC(C)C(=O)C1C. The monoisotopic (exact) mass is 124 g/mol. The third-order valence-corrected chi connectivity index (χ3v) is 2.07. The second-order valence-electron chi connectivity index (χ2n) is 2.82. The van der Waals surface area contributed by atoms with Crippen LogP contribution in [0, 0.1) is 11.8 Å². The van der Waals surface area contributed by atoms with Crippen LogP contribution < -0.4 is 0 Å². The predicted molar refractivity (Wildman–Crippen MR) is 37.1 cm³/mol. The summed E-state index contributed by atoms with van der Waals surface area (Å²) in [5.41, 5.74) is 1.23. The van der Waals surface area contributed by atoms with Crippen molar-refractivity contribution in [2.45, 2.75) is 20.8 Å². The topological polar surface area (TPSA) is 17.1 Å². The van der Waals surface area contributed by atoms with Gasteiger partial charge in [0, 0.05) is 11.8 Å². The number of carbonyl (C=O) groups is 1. The van der Waals surface area contributed by atoms with Crippen molar-refractivity contribution in [3.05, 3.63) is 11.6 Å². The van der Waals surface area contributed by atoms with E-state index in [1.807, 2.05) is 26.8 Å². The molecular weight excluding hydrogens is 112 g/mol. The van der Waals surface area contributed by atoms with E-state index in [0.29, 0.717) is 5.78 Å². The molecule has 1 aliphatic carbocycles. The summed E-state index contributed by atoms with van der Waals surface area (Å²) in [6, 6.07) is 0. The molecule has 0 aromatic rings. The second kappa shape index (κ2) is 1.98. The zero-order valence-corrected chi connectivity index (χ0v) is 6.14. The lowest BCUT2D eigenvalue weighted by molar-refractivity contribution is -0.122. The summed E-state index contributed by atoms with van der Waals surface area (Å²) in [7, 11) is 0. The summed E-state index contributed by atoms with van der Waals surface area (Å²) in [6.45, 7) is 5.94. The van der Waals surface area contributed by atoms with Gasteiger partial charge < -0.3 is 0 Å². The van der Waals surface area contributed by atoms with Gasteiger partial charge in [-0.1, -0.05) is 25.5 Å². The Morgan fingerprint density at radius 1 is 1.44 bits per heavy atom. The van der Waals surface area contributed by atoms with E-state index in [-0.39, 0.29) is 11.8 Å². The minimum absolute atomic E-state index is 0.167. The number of allylic oxidation sites excluding steroid dienone is 2. The maximum atomic E-state index is 11.1. The average Bonchev–Trinajstić information content (AvgIpc) is 1.98. The molecule has 0 fully saturated rings. The Balaban J connectivity index is 2.82. The summed E-state index contributed by atoms with van der Waals surface area (Å²) >= 11 is 0. The Bertz CT molecular complexity index is 167. The highest BCUT2D eigenvalue weighted by molar-refractivity contribution is 5.89. The molecule has 1 rings (SSSR count). The molecule has 50 valence electrons. The van der Waals surface area contributed by atoms with Crippen molar-refractivity contribution in [2.24, 2.45) is 11.8 Å². The van der Waals surface area contributed by atoms with E-state index in [4.69, 9.17) is 0 Å². The lowest BCUT2D eigenvalue weighted by Crippen LogP contribution is -2.10. The molecule has 1 nitrogen and oxygen atoms in total. The smallest absolute Gasteiger partial charge is 0.146 e. The van der Waals surface area contributed by atoms with Crippen LogP contribution in [0.3, 0.4) is 0 Å². The van der Waals surface area contributed by atoms with E-state index in [1.54, 1.807) is 0 Å². The second-order valence-corrected chi connectivity index (χ2v) is 2.82. The fraction of sp³-hybridized carbons (Fsp3) is 0.625. The first-order chi connectivity index (χ1) is 4.13. The maximum absolute atomic E-state index is 11.1. The van der Waals surface area contributed by atoms with Gasteiger partial charge in [0.15, 0.2) is 0 Å². The van der Waals surface area contributed by atoms with Gasteiger partial charge in [-0.2, -0.15) is 0 Å². The zero-order valence-electron chi connectivity index (χ0n) is 6.14. The fourth-order valence-corrected chi connectivity index (χ4v) is 1.24. The van der Waals surface area contributed by atoms with Crippen LogP contribution in [0.15, 0.2) is 11.6 Å². The van der Waals surface area contributed by atoms with Gasteiger partial charge in [0.2, 0.25) is 0 Å². The van der Waals surface area contributed by atoms with Gasteiger partial charge in [0.05, 0.1) is 0 Å². The van der Waals surface area contributed by atoms with Crippen LogP contribution in [0.4, 0.5) is 0 Å². The van der Waals surface area contributed by atoms with Crippen molar-refractivity contribution >= 4 is 5.78 Å². The summed E-state index contributed by atoms with van der Waals surface area (Å²) in [4.78, 5) is 11.1. The summed E-state index contributed by atoms with van der Waals surface area (Å²) < 4.78 is 0. The number of rotatable bonds is 0. The third-order valence-electron chi connectivity index (χ3n) is 2.07. The molecule has 0 saturated carbocycles. The third kappa shape index (κ3) is 0.913. The van der Waals surface area contributed by atoms with E-state index >= 15 is 0 Å². The van der Waals surface area contributed by atoms with Gasteiger partial charge in [-0.05, 0) is 6.92 Å². The molecule has 0 aromatic carbocycles. The van der Waals surface area contributed by atoms with Crippen LogP contribution in [-0.4, -0.2) is 5.78 Å². The molecule has 0 bridgehead atoms. The molecule has 0 heterocycles. The predicted octanol–water partition coefficient (Wildman–Crippen LogP) is 1.79. The lowest BCUT2D eigenvalue weighted by atomic mass is 10.0. The quantitative estimate of drug-likeness (QED) is 0.450. The highest BCUT2D eigenvalue weighted by Gasteiger charge is 2.25. The standard InChI is InChI=1S/C8H12O/c1-5-4-6(2)8(9)7(5)3/h4,6-7H,1-3H3. The Morgan fingerprint density at radius 2 is 2.00 bits per heavy atom. The molecule has 9 heavy (non-hydrogen) atoms. The molecule has 0 N–H and O–H groups in total. The summed E-state index contributed by atoms with van der Waals surface area (Å²) in [5, 5.41) is 0. The molecule has 0 saturated heterocycles. The maximum Gasteiger partial charge on any atom is 0.146 e. The van der Waals surface area contributed by atoms with Crippen molar-refractivity contribution in [3.8, 4) is 0 Å². The highest BCUT2D eigenvalue weighted by atomic mass is 16.1. The van der Waals surface area contributed by atoms with E-state index in [1.165, 1.54) is 5.57 Å². The molecule has 0 aromatic heterocycles. The van der Waals surface area contributed by atoms with E-state index in [2.05, 4.69) is 0 Å². The van der Waals surface area contributed by atoms with Crippen molar-refractivity contribution in [2.75, 3.05) is 0 Å². The van der Waals surface area contributed by atoms with Crippen LogP contribution in [0.2, 0.25) is 0 Å². The van der Waals surface area contributed by atoms with Crippen LogP contribution in [0.5, 0.6) is 0 Å². The molecule has 1 heteroatoms. The number of carbonyl (C=O) groups excluding carboxylic acids is 1. The van der Waals surface area contributed by atoms with Crippen molar-refractivity contribution in [1.29, 1.82) is 0 Å². The lowest BCUT2D eigenvalue weighted by Gasteiger charge is -2.01.